The fourth-order valence-corrected chi connectivity index (χ4v) is 3.37. The molecule has 4 nitrogen and oxygen atoms in total. The highest BCUT2D eigenvalue weighted by Gasteiger charge is 2.36. The first-order valence-corrected chi connectivity index (χ1v) is 11.3. The van der Waals surface area contributed by atoms with Gasteiger partial charge in [0.05, 0.1) is 24.4 Å². The maximum Gasteiger partial charge on any atom is 0.192 e. The van der Waals surface area contributed by atoms with E-state index in [1.54, 1.807) is 14.2 Å². The molecular weight excluding hydrogens is 411 g/mol. The molecule has 0 N–H and O–H groups in total. The van der Waals surface area contributed by atoms with Crippen LogP contribution in [0.25, 0.3) is 0 Å². The molecule has 0 unspecified atom stereocenters. The second kappa shape index (κ2) is 7.87. The molecule has 0 heterocycles. The van der Waals surface area contributed by atoms with Gasteiger partial charge in [0.25, 0.3) is 0 Å². The largest absolute Gasteiger partial charge is 0.497 e. The normalized spacial score (nSPS) is 12.2. The molecule has 126 valence electrons. The molecular formula is C16H27IO4Si. The van der Waals surface area contributed by atoms with E-state index in [-0.39, 0.29) is 5.04 Å². The molecule has 0 bridgehead atoms. The van der Waals surface area contributed by atoms with Crippen molar-refractivity contribution < 1.29 is 18.6 Å². The molecule has 0 spiro atoms. The maximum absolute atomic E-state index is 6.12. The van der Waals surface area contributed by atoms with Gasteiger partial charge < -0.3 is 18.6 Å². The van der Waals surface area contributed by atoms with Crippen molar-refractivity contribution >= 4 is 30.9 Å². The highest BCUT2D eigenvalue weighted by atomic mass is 127. The molecule has 1 aromatic carbocycles. The van der Waals surface area contributed by atoms with Crippen molar-refractivity contribution in [3.8, 4) is 17.2 Å². The first-order valence-electron chi connectivity index (χ1n) is 7.30. The lowest BCUT2D eigenvalue weighted by Gasteiger charge is -2.36. The molecule has 0 aliphatic carbocycles. The van der Waals surface area contributed by atoms with Gasteiger partial charge in [-0.05, 0) is 46.8 Å². The monoisotopic (exact) mass is 438 g/mol. The third-order valence-electron chi connectivity index (χ3n) is 4.04. The van der Waals surface area contributed by atoms with Gasteiger partial charge in [0.15, 0.2) is 19.8 Å². The van der Waals surface area contributed by atoms with E-state index in [0.29, 0.717) is 19.0 Å². The third-order valence-corrected chi connectivity index (χ3v) is 9.38. The van der Waals surface area contributed by atoms with Crippen LogP contribution in [0.4, 0.5) is 0 Å². The van der Waals surface area contributed by atoms with Crippen molar-refractivity contribution in [2.24, 2.45) is 0 Å². The molecule has 6 heteroatoms. The van der Waals surface area contributed by atoms with Crippen molar-refractivity contribution in [2.45, 2.75) is 38.9 Å². The molecule has 0 aromatic heterocycles. The van der Waals surface area contributed by atoms with Gasteiger partial charge in [-0.3, -0.25) is 0 Å². The predicted molar refractivity (Wildman–Crippen MR) is 101 cm³/mol. The van der Waals surface area contributed by atoms with Crippen LogP contribution in [0.3, 0.4) is 0 Å². The van der Waals surface area contributed by atoms with Crippen LogP contribution in [-0.4, -0.2) is 35.8 Å². The zero-order chi connectivity index (χ0) is 17.0. The molecule has 0 radical (unpaired) electrons. The highest BCUT2D eigenvalue weighted by Crippen LogP contribution is 2.38. The van der Waals surface area contributed by atoms with Crippen LogP contribution in [0.5, 0.6) is 17.2 Å². The van der Waals surface area contributed by atoms with E-state index in [0.717, 1.165) is 15.1 Å². The summed E-state index contributed by atoms with van der Waals surface area (Å²) in [6.45, 7) is 12.3. The van der Waals surface area contributed by atoms with E-state index in [1.165, 1.54) is 0 Å². The van der Waals surface area contributed by atoms with Crippen molar-refractivity contribution in [1.29, 1.82) is 0 Å². The van der Waals surface area contributed by atoms with Gasteiger partial charge in [-0.25, -0.2) is 0 Å². The molecule has 0 aliphatic rings. The summed E-state index contributed by atoms with van der Waals surface area (Å²) >= 11 is 2.22. The Hall–Kier alpha value is -0.473. The van der Waals surface area contributed by atoms with Gasteiger partial charge in [-0.2, -0.15) is 0 Å². The van der Waals surface area contributed by atoms with E-state index in [9.17, 15) is 0 Å². The summed E-state index contributed by atoms with van der Waals surface area (Å²) in [7, 11) is 1.54. The number of methoxy groups -OCH3 is 2. The lowest BCUT2D eigenvalue weighted by atomic mass is 10.2. The number of ether oxygens (including phenoxy) is 3. The van der Waals surface area contributed by atoms with Crippen molar-refractivity contribution in [2.75, 3.05) is 27.4 Å². The van der Waals surface area contributed by atoms with Crippen LogP contribution in [0, 0.1) is 3.57 Å². The summed E-state index contributed by atoms with van der Waals surface area (Å²) in [4.78, 5) is 0. The lowest BCUT2D eigenvalue weighted by molar-refractivity contribution is 0.197. The van der Waals surface area contributed by atoms with Crippen LogP contribution in [0.1, 0.15) is 20.8 Å². The maximum atomic E-state index is 6.12. The number of rotatable bonds is 7. The number of halogens is 1. The first-order chi connectivity index (χ1) is 10.1. The summed E-state index contributed by atoms with van der Waals surface area (Å²) in [5.41, 5.74) is 0. The van der Waals surface area contributed by atoms with E-state index in [4.69, 9.17) is 18.6 Å². The Morgan fingerprint density at radius 3 is 2.18 bits per heavy atom. The quantitative estimate of drug-likeness (QED) is 0.351. The third kappa shape index (κ3) is 5.02. The minimum absolute atomic E-state index is 0.208. The summed E-state index contributed by atoms with van der Waals surface area (Å²) in [6.07, 6.45) is 0. The topological polar surface area (TPSA) is 36.9 Å². The van der Waals surface area contributed by atoms with Crippen molar-refractivity contribution in [3.05, 3.63) is 15.7 Å². The minimum Gasteiger partial charge on any atom is -0.497 e. The Bertz CT molecular complexity index is 498. The van der Waals surface area contributed by atoms with E-state index >= 15 is 0 Å². The Labute approximate surface area is 148 Å². The van der Waals surface area contributed by atoms with Crippen LogP contribution < -0.4 is 14.2 Å². The smallest absolute Gasteiger partial charge is 0.192 e. The summed E-state index contributed by atoms with van der Waals surface area (Å²) in [5, 5.41) is 0.208. The molecule has 0 saturated heterocycles. The first kappa shape index (κ1) is 19.6. The molecule has 1 aromatic rings. The molecule has 0 atom stereocenters. The number of benzene rings is 1. The van der Waals surface area contributed by atoms with E-state index in [1.807, 2.05) is 12.1 Å². The Morgan fingerprint density at radius 1 is 1.05 bits per heavy atom. The van der Waals surface area contributed by atoms with Gasteiger partial charge >= 0.3 is 0 Å². The van der Waals surface area contributed by atoms with Crippen molar-refractivity contribution in [3.63, 3.8) is 0 Å². The van der Waals surface area contributed by atoms with Gasteiger partial charge in [-0.1, -0.05) is 20.8 Å². The lowest BCUT2D eigenvalue weighted by Crippen LogP contribution is -2.41. The number of hydrogen-bond donors (Lipinski definition) is 0. The van der Waals surface area contributed by atoms with Crippen molar-refractivity contribution in [1.82, 2.24) is 0 Å². The van der Waals surface area contributed by atoms with E-state index in [2.05, 4.69) is 56.5 Å². The Balaban J connectivity index is 2.66. The molecule has 0 aliphatic heterocycles. The Kier molecular flexibility index (Phi) is 7.01. The fourth-order valence-electron chi connectivity index (χ4n) is 1.61. The average molecular weight is 438 g/mol. The van der Waals surface area contributed by atoms with Gasteiger partial charge in [0, 0.05) is 6.07 Å². The second-order valence-electron chi connectivity index (χ2n) is 6.60. The zero-order valence-electron chi connectivity index (χ0n) is 14.6. The van der Waals surface area contributed by atoms with E-state index < -0.39 is 8.32 Å². The zero-order valence-corrected chi connectivity index (χ0v) is 17.7. The van der Waals surface area contributed by atoms with Crippen LogP contribution in [0.15, 0.2) is 12.1 Å². The van der Waals surface area contributed by atoms with Crippen LogP contribution in [0.2, 0.25) is 18.1 Å². The standard InChI is InChI=1S/C16H27IO4Si/c1-16(2,3)22(6,7)21-9-8-20-15-13(17)10-12(18-4)11-14(15)19-5/h10-11H,8-9H2,1-7H3. The summed E-state index contributed by atoms with van der Waals surface area (Å²) < 4.78 is 23.6. The Morgan fingerprint density at radius 2 is 1.68 bits per heavy atom. The molecule has 0 fully saturated rings. The second-order valence-corrected chi connectivity index (χ2v) is 12.6. The van der Waals surface area contributed by atoms with Crippen LogP contribution in [-0.2, 0) is 4.43 Å². The fraction of sp³-hybridized carbons (Fsp3) is 0.625. The highest BCUT2D eigenvalue weighted by molar-refractivity contribution is 14.1. The molecule has 0 amide bonds. The predicted octanol–water partition coefficient (Wildman–Crippen LogP) is 4.71. The van der Waals surface area contributed by atoms with Gasteiger partial charge in [-0.15, -0.1) is 0 Å². The minimum atomic E-state index is -1.73. The van der Waals surface area contributed by atoms with Crippen LogP contribution >= 0.6 is 22.6 Å². The molecule has 1 rings (SSSR count). The van der Waals surface area contributed by atoms with Gasteiger partial charge in [0.2, 0.25) is 0 Å². The van der Waals surface area contributed by atoms with Gasteiger partial charge in [0.1, 0.15) is 12.4 Å². The summed E-state index contributed by atoms with van der Waals surface area (Å²) in [5.74, 6) is 2.17. The average Bonchev–Trinajstić information content (AvgIpc) is 2.42. The number of hydrogen-bond acceptors (Lipinski definition) is 4. The molecule has 22 heavy (non-hydrogen) atoms. The SMILES string of the molecule is COc1cc(I)c(OCCO[Si](C)(C)C(C)(C)C)c(OC)c1. The summed E-state index contributed by atoms with van der Waals surface area (Å²) in [6, 6.07) is 3.75. The molecule has 0 saturated carbocycles.